The molecule has 6 aromatic carbocycles. The third-order valence-electron chi connectivity index (χ3n) is 9.61. The molecule has 5 aromatic heterocycles. The predicted octanol–water partition coefficient (Wildman–Crippen LogP) is 10.2. The van der Waals surface area contributed by atoms with Crippen molar-refractivity contribution in [3.63, 3.8) is 0 Å². The van der Waals surface area contributed by atoms with E-state index in [4.69, 9.17) is 9.97 Å². The highest BCUT2D eigenvalue weighted by atomic mass is 15.1. The summed E-state index contributed by atoms with van der Waals surface area (Å²) in [6.45, 7) is 0. The van der Waals surface area contributed by atoms with Gasteiger partial charge in [0, 0.05) is 49.3 Å². The van der Waals surface area contributed by atoms with E-state index in [9.17, 15) is 0 Å². The van der Waals surface area contributed by atoms with Gasteiger partial charge in [-0.05, 0) is 59.3 Å². The Bertz CT molecular complexity index is 3000. The first-order valence-corrected chi connectivity index (χ1v) is 15.0. The fourth-order valence-electron chi connectivity index (χ4n) is 7.77. The summed E-state index contributed by atoms with van der Waals surface area (Å²) in [6.07, 6.45) is 1.86. The molecule has 44 heavy (non-hydrogen) atoms. The largest absolute Gasteiger partial charge is 0.308 e. The van der Waals surface area contributed by atoms with Crippen LogP contribution in [0.25, 0.3) is 98.3 Å². The molecule has 0 amide bonds. The molecule has 0 aliphatic rings. The molecule has 0 aliphatic carbocycles. The zero-order valence-corrected chi connectivity index (χ0v) is 23.5. The quantitative estimate of drug-likeness (QED) is 0.188. The van der Waals surface area contributed by atoms with Crippen LogP contribution < -0.4 is 0 Å². The lowest BCUT2D eigenvalue weighted by molar-refractivity contribution is 1.11. The number of benzene rings is 6. The number of rotatable bonds is 1. The second kappa shape index (κ2) is 7.88. The molecule has 0 radical (unpaired) electrons. The van der Waals surface area contributed by atoms with E-state index in [1.807, 2.05) is 12.3 Å². The van der Waals surface area contributed by atoms with E-state index in [-0.39, 0.29) is 0 Å². The summed E-state index contributed by atoms with van der Waals surface area (Å²) in [5.41, 5.74) is 7.92. The molecule has 0 N–H and O–H groups in total. The van der Waals surface area contributed by atoms with Crippen molar-refractivity contribution in [3.05, 3.63) is 134 Å². The summed E-state index contributed by atoms with van der Waals surface area (Å²) in [4.78, 5) is 10.2. The van der Waals surface area contributed by atoms with E-state index < -0.39 is 0 Å². The highest BCUT2D eigenvalue weighted by molar-refractivity contribution is 6.34. The molecule has 0 atom stereocenters. The summed E-state index contributed by atoms with van der Waals surface area (Å²) in [5.74, 6) is 0.897. The van der Waals surface area contributed by atoms with Crippen LogP contribution in [0.1, 0.15) is 0 Å². The fourth-order valence-corrected chi connectivity index (χ4v) is 7.77. The molecule has 202 valence electrons. The van der Waals surface area contributed by atoms with Crippen molar-refractivity contribution in [1.29, 1.82) is 0 Å². The summed E-state index contributed by atoms with van der Waals surface area (Å²) < 4.78 is 4.86. The molecule has 0 bridgehead atoms. The van der Waals surface area contributed by atoms with Gasteiger partial charge in [0.2, 0.25) is 0 Å². The van der Waals surface area contributed by atoms with Crippen molar-refractivity contribution in [2.75, 3.05) is 0 Å². The van der Waals surface area contributed by atoms with Gasteiger partial charge in [0.1, 0.15) is 5.82 Å². The summed E-state index contributed by atoms with van der Waals surface area (Å²) in [7, 11) is 0. The average molecular weight is 559 g/mol. The van der Waals surface area contributed by atoms with E-state index >= 15 is 0 Å². The molecular formula is C40H22N4. The minimum absolute atomic E-state index is 0.897. The topological polar surface area (TPSA) is 35.1 Å². The molecule has 0 spiro atoms. The van der Waals surface area contributed by atoms with Crippen molar-refractivity contribution in [2.24, 2.45) is 0 Å². The van der Waals surface area contributed by atoms with Crippen LogP contribution in [0, 0.1) is 0 Å². The van der Waals surface area contributed by atoms with Crippen LogP contribution in [-0.2, 0) is 0 Å². The monoisotopic (exact) mass is 558 g/mol. The Kier molecular flexibility index (Phi) is 4.04. The first-order chi connectivity index (χ1) is 21.8. The maximum atomic E-state index is 5.39. The normalized spacial score (nSPS) is 12.5. The Balaban J connectivity index is 1.43. The van der Waals surface area contributed by atoms with Crippen LogP contribution in [0.5, 0.6) is 0 Å². The number of para-hydroxylation sites is 2. The van der Waals surface area contributed by atoms with Gasteiger partial charge in [-0.2, -0.15) is 0 Å². The maximum Gasteiger partial charge on any atom is 0.138 e. The summed E-state index contributed by atoms with van der Waals surface area (Å²) >= 11 is 0. The van der Waals surface area contributed by atoms with Crippen LogP contribution in [0.4, 0.5) is 0 Å². The number of nitrogens with zero attached hydrogens (tertiary/aromatic N) is 4. The number of hydrogen-bond donors (Lipinski definition) is 0. The third-order valence-corrected chi connectivity index (χ3v) is 9.61. The van der Waals surface area contributed by atoms with Crippen molar-refractivity contribution in [2.45, 2.75) is 0 Å². The molecular weight excluding hydrogens is 536 g/mol. The molecule has 0 saturated heterocycles. The second-order valence-electron chi connectivity index (χ2n) is 11.8. The van der Waals surface area contributed by atoms with Crippen LogP contribution in [0.2, 0.25) is 0 Å². The van der Waals surface area contributed by atoms with Crippen molar-refractivity contribution in [1.82, 2.24) is 18.9 Å². The van der Waals surface area contributed by atoms with Gasteiger partial charge in [-0.1, -0.05) is 78.9 Å². The van der Waals surface area contributed by atoms with Crippen LogP contribution in [-0.4, -0.2) is 18.9 Å². The zero-order valence-electron chi connectivity index (χ0n) is 23.5. The molecule has 4 nitrogen and oxygen atoms in total. The van der Waals surface area contributed by atoms with Gasteiger partial charge in [0.05, 0.1) is 38.6 Å². The van der Waals surface area contributed by atoms with E-state index in [0.29, 0.717) is 0 Å². The number of hydrogen-bond acceptors (Lipinski definition) is 2. The van der Waals surface area contributed by atoms with E-state index in [1.165, 1.54) is 65.2 Å². The Morgan fingerprint density at radius 1 is 0.432 bits per heavy atom. The van der Waals surface area contributed by atoms with Crippen molar-refractivity contribution >= 4 is 92.5 Å². The van der Waals surface area contributed by atoms with Crippen LogP contribution in [0.15, 0.2) is 134 Å². The number of fused-ring (bicyclic) bond motifs is 14. The van der Waals surface area contributed by atoms with Gasteiger partial charge in [-0.3, -0.25) is 9.55 Å². The standard InChI is InChI=1S/C40H22N4/c1-2-9-26-21-34-29(20-25(26)8-1)31-22-30-27-11-3-5-13-32(27)43-33-14-6-4-12-28(33)36(39(30)43)40(31)44(34)35-18-17-24-16-15-23-10-7-19-41-37(23)38(24)42-35/h1-22H. The van der Waals surface area contributed by atoms with Crippen LogP contribution >= 0.6 is 0 Å². The average Bonchev–Trinajstić information content (AvgIpc) is 3.71. The number of aromatic nitrogens is 4. The Labute approximate surface area is 250 Å². The van der Waals surface area contributed by atoms with Gasteiger partial charge in [-0.15, -0.1) is 0 Å². The van der Waals surface area contributed by atoms with Crippen molar-refractivity contribution in [3.8, 4) is 5.82 Å². The molecule has 0 fully saturated rings. The lowest BCUT2D eigenvalue weighted by Crippen LogP contribution is -1.99. The zero-order chi connectivity index (χ0) is 28.5. The SMILES string of the molecule is c1ccc2cc3c(cc2c1)c1cc2c4ccccc4n4c5ccccc5c(c1n3-c1ccc3ccc5cccnc5c3n1)c24. The van der Waals surface area contributed by atoms with Gasteiger partial charge >= 0.3 is 0 Å². The number of pyridine rings is 2. The molecule has 0 aliphatic heterocycles. The Hall–Kier alpha value is -6.00. The minimum atomic E-state index is 0.897. The molecule has 11 rings (SSSR count). The minimum Gasteiger partial charge on any atom is -0.308 e. The van der Waals surface area contributed by atoms with E-state index in [2.05, 4.69) is 130 Å². The van der Waals surface area contributed by atoms with Gasteiger partial charge in [-0.25, -0.2) is 4.98 Å². The molecule has 11 aromatic rings. The smallest absolute Gasteiger partial charge is 0.138 e. The van der Waals surface area contributed by atoms with Crippen molar-refractivity contribution < 1.29 is 0 Å². The third kappa shape index (κ3) is 2.69. The van der Waals surface area contributed by atoms with Crippen LogP contribution in [0.3, 0.4) is 0 Å². The second-order valence-corrected chi connectivity index (χ2v) is 11.8. The lowest BCUT2D eigenvalue weighted by Gasteiger charge is -2.11. The molecule has 4 heteroatoms. The highest BCUT2D eigenvalue weighted by Gasteiger charge is 2.25. The molecule has 5 heterocycles. The molecule has 0 saturated carbocycles. The highest BCUT2D eigenvalue weighted by Crippen LogP contribution is 2.46. The predicted molar refractivity (Wildman–Crippen MR) is 184 cm³/mol. The Morgan fingerprint density at radius 2 is 1.09 bits per heavy atom. The van der Waals surface area contributed by atoms with E-state index in [0.717, 1.165) is 33.1 Å². The van der Waals surface area contributed by atoms with E-state index in [1.54, 1.807) is 0 Å². The molecule has 0 unspecified atom stereocenters. The lowest BCUT2D eigenvalue weighted by atomic mass is 10.0. The summed E-state index contributed by atoms with van der Waals surface area (Å²) in [6, 6.07) is 46.1. The first kappa shape index (κ1) is 22.6. The fraction of sp³-hybridized carbons (Fsp3) is 0. The van der Waals surface area contributed by atoms with Gasteiger partial charge in [0.25, 0.3) is 0 Å². The first-order valence-electron chi connectivity index (χ1n) is 15.0. The van der Waals surface area contributed by atoms with Gasteiger partial charge < -0.3 is 4.40 Å². The maximum absolute atomic E-state index is 5.39. The Morgan fingerprint density at radius 3 is 1.95 bits per heavy atom. The van der Waals surface area contributed by atoms with Gasteiger partial charge in [0.15, 0.2) is 0 Å². The summed E-state index contributed by atoms with van der Waals surface area (Å²) in [5, 5.41) is 12.2.